The second-order valence-corrected chi connectivity index (χ2v) is 5.26. The molecule has 0 bridgehead atoms. The fourth-order valence-electron chi connectivity index (χ4n) is 1.37. The topological polar surface area (TPSA) is 54.9 Å². The monoisotopic (exact) mass is 245 g/mol. The highest BCUT2D eigenvalue weighted by Crippen LogP contribution is 2.33. The van der Waals surface area contributed by atoms with Gasteiger partial charge in [-0.05, 0) is 30.4 Å². The minimum absolute atomic E-state index is 0.171. The lowest BCUT2D eigenvalue weighted by atomic mass is 10.2. The lowest BCUT2D eigenvalue weighted by Crippen LogP contribution is -2.24. The number of nitrogens with one attached hydrogen (secondary N) is 1. The van der Waals surface area contributed by atoms with Crippen LogP contribution in [0.25, 0.3) is 0 Å². The van der Waals surface area contributed by atoms with E-state index >= 15 is 0 Å². The van der Waals surface area contributed by atoms with Crippen molar-refractivity contribution in [2.45, 2.75) is 25.7 Å². The summed E-state index contributed by atoms with van der Waals surface area (Å²) >= 11 is 6.68. The molecule has 1 aliphatic carbocycles. The zero-order valence-electron chi connectivity index (χ0n) is 8.20. The van der Waals surface area contributed by atoms with Gasteiger partial charge < -0.3 is 5.32 Å². The van der Waals surface area contributed by atoms with Crippen molar-refractivity contribution in [3.8, 4) is 0 Å². The van der Waals surface area contributed by atoms with Crippen molar-refractivity contribution < 1.29 is 4.79 Å². The van der Waals surface area contributed by atoms with E-state index in [2.05, 4.69) is 15.5 Å². The van der Waals surface area contributed by atoms with Gasteiger partial charge in [-0.2, -0.15) is 0 Å². The van der Waals surface area contributed by atoms with Crippen molar-refractivity contribution in [2.75, 3.05) is 6.54 Å². The average molecular weight is 246 g/mol. The first-order valence-electron chi connectivity index (χ1n) is 5.03. The van der Waals surface area contributed by atoms with Gasteiger partial charge in [0.25, 0.3) is 5.91 Å². The van der Waals surface area contributed by atoms with E-state index in [9.17, 15) is 4.79 Å². The molecule has 82 valence electrons. The first kappa shape index (κ1) is 10.8. The van der Waals surface area contributed by atoms with Gasteiger partial charge >= 0.3 is 0 Å². The standard InChI is InChI=1S/C9H12ClN3OS/c10-9-13-12-8(15-9)7(14)11-5-1-2-6-3-4-6/h6H,1-5H2,(H,11,14). The Morgan fingerprint density at radius 2 is 2.33 bits per heavy atom. The Morgan fingerprint density at radius 3 is 2.93 bits per heavy atom. The molecule has 1 N–H and O–H groups in total. The summed E-state index contributed by atoms with van der Waals surface area (Å²) < 4.78 is 0.304. The number of rotatable bonds is 5. The summed E-state index contributed by atoms with van der Waals surface area (Å²) in [6, 6.07) is 0. The van der Waals surface area contributed by atoms with Crippen LogP contribution in [0.1, 0.15) is 35.5 Å². The van der Waals surface area contributed by atoms with Gasteiger partial charge in [0, 0.05) is 6.54 Å². The molecule has 0 spiro atoms. The van der Waals surface area contributed by atoms with Crippen LogP contribution in [0, 0.1) is 5.92 Å². The molecule has 0 saturated heterocycles. The van der Waals surface area contributed by atoms with Crippen LogP contribution in [0.5, 0.6) is 0 Å². The van der Waals surface area contributed by atoms with Crippen molar-refractivity contribution in [3.63, 3.8) is 0 Å². The molecule has 0 atom stereocenters. The molecule has 4 nitrogen and oxygen atoms in total. The largest absolute Gasteiger partial charge is 0.350 e. The summed E-state index contributed by atoms with van der Waals surface area (Å²) in [5.74, 6) is 0.744. The Morgan fingerprint density at radius 1 is 1.53 bits per heavy atom. The van der Waals surface area contributed by atoms with Crippen LogP contribution in [-0.4, -0.2) is 22.6 Å². The van der Waals surface area contributed by atoms with E-state index in [1.54, 1.807) is 0 Å². The van der Waals surface area contributed by atoms with Crippen molar-refractivity contribution in [1.82, 2.24) is 15.5 Å². The summed E-state index contributed by atoms with van der Waals surface area (Å²) in [5, 5.41) is 10.4. The quantitative estimate of drug-likeness (QED) is 0.809. The molecule has 0 aliphatic heterocycles. The summed E-state index contributed by atoms with van der Waals surface area (Å²) in [7, 11) is 0. The zero-order valence-corrected chi connectivity index (χ0v) is 9.77. The SMILES string of the molecule is O=C(NCCCC1CC1)c1nnc(Cl)s1. The third-order valence-electron chi connectivity index (χ3n) is 2.37. The van der Waals surface area contributed by atoms with E-state index in [-0.39, 0.29) is 5.91 Å². The number of nitrogens with zero attached hydrogens (tertiary/aromatic N) is 2. The molecule has 2 rings (SSSR count). The lowest BCUT2D eigenvalue weighted by Gasteiger charge is -2.01. The van der Waals surface area contributed by atoms with Gasteiger partial charge in [-0.15, -0.1) is 10.2 Å². The predicted molar refractivity (Wildman–Crippen MR) is 59.2 cm³/mol. The molecule has 6 heteroatoms. The molecule has 0 radical (unpaired) electrons. The maximum absolute atomic E-state index is 11.5. The summed E-state index contributed by atoms with van der Waals surface area (Å²) in [6.45, 7) is 0.715. The highest BCUT2D eigenvalue weighted by atomic mass is 35.5. The van der Waals surface area contributed by atoms with Gasteiger partial charge in [0.1, 0.15) is 0 Å². The molecular formula is C9H12ClN3OS. The number of aromatic nitrogens is 2. The van der Waals surface area contributed by atoms with Crippen LogP contribution in [0.2, 0.25) is 4.47 Å². The number of hydrogen-bond acceptors (Lipinski definition) is 4. The molecule has 1 heterocycles. The molecular weight excluding hydrogens is 234 g/mol. The molecule has 1 fully saturated rings. The summed E-state index contributed by atoms with van der Waals surface area (Å²) in [6.07, 6.45) is 4.99. The van der Waals surface area contributed by atoms with Crippen LogP contribution in [-0.2, 0) is 0 Å². The minimum atomic E-state index is -0.171. The molecule has 15 heavy (non-hydrogen) atoms. The first-order valence-corrected chi connectivity index (χ1v) is 6.22. The fourth-order valence-corrected chi connectivity index (χ4v) is 2.12. The van der Waals surface area contributed by atoms with E-state index in [1.807, 2.05) is 0 Å². The molecule has 1 saturated carbocycles. The second-order valence-electron chi connectivity index (χ2n) is 3.70. The maximum atomic E-state index is 11.5. The van der Waals surface area contributed by atoms with Crippen molar-refractivity contribution in [3.05, 3.63) is 9.47 Å². The van der Waals surface area contributed by atoms with Crippen molar-refractivity contribution in [1.29, 1.82) is 0 Å². The first-order chi connectivity index (χ1) is 7.25. The Kier molecular flexibility index (Phi) is 3.53. The van der Waals surface area contributed by atoms with E-state index in [0.29, 0.717) is 16.0 Å². The molecule has 1 aromatic rings. The van der Waals surface area contributed by atoms with E-state index in [4.69, 9.17) is 11.6 Å². The Hall–Kier alpha value is -0.680. The summed E-state index contributed by atoms with van der Waals surface area (Å²) in [5.41, 5.74) is 0. The van der Waals surface area contributed by atoms with Gasteiger partial charge in [-0.1, -0.05) is 24.2 Å². The van der Waals surface area contributed by atoms with Crippen LogP contribution in [0.3, 0.4) is 0 Å². The maximum Gasteiger partial charge on any atom is 0.282 e. The molecule has 0 aromatic carbocycles. The molecule has 1 aliphatic rings. The second kappa shape index (κ2) is 4.90. The third-order valence-corrected chi connectivity index (χ3v) is 3.38. The zero-order chi connectivity index (χ0) is 10.7. The van der Waals surface area contributed by atoms with Gasteiger partial charge in [-0.25, -0.2) is 0 Å². The van der Waals surface area contributed by atoms with E-state index in [1.165, 1.54) is 19.3 Å². The van der Waals surface area contributed by atoms with Crippen LogP contribution >= 0.6 is 22.9 Å². The molecule has 1 amide bonds. The highest BCUT2D eigenvalue weighted by Gasteiger charge is 2.20. The average Bonchev–Trinajstić information content (AvgIpc) is 2.94. The summed E-state index contributed by atoms with van der Waals surface area (Å²) in [4.78, 5) is 11.5. The van der Waals surface area contributed by atoms with E-state index in [0.717, 1.165) is 23.7 Å². The van der Waals surface area contributed by atoms with Crippen LogP contribution < -0.4 is 5.32 Å². The lowest BCUT2D eigenvalue weighted by molar-refractivity contribution is 0.0951. The van der Waals surface area contributed by atoms with Gasteiger partial charge in [-0.3, -0.25) is 4.79 Å². The Bertz CT molecular complexity index is 351. The Balaban J connectivity index is 1.67. The van der Waals surface area contributed by atoms with Crippen molar-refractivity contribution in [2.24, 2.45) is 5.92 Å². The Labute approximate surface area is 97.0 Å². The fraction of sp³-hybridized carbons (Fsp3) is 0.667. The normalized spacial score (nSPS) is 15.3. The number of hydrogen-bond donors (Lipinski definition) is 1. The smallest absolute Gasteiger partial charge is 0.282 e. The number of carbonyl (C=O) groups is 1. The number of halogens is 1. The van der Waals surface area contributed by atoms with Crippen molar-refractivity contribution >= 4 is 28.8 Å². The number of amides is 1. The third kappa shape index (κ3) is 3.43. The van der Waals surface area contributed by atoms with E-state index < -0.39 is 0 Å². The minimum Gasteiger partial charge on any atom is -0.350 e. The number of carbonyl (C=O) groups excluding carboxylic acids is 1. The van der Waals surface area contributed by atoms with Gasteiger partial charge in [0.15, 0.2) is 0 Å². The van der Waals surface area contributed by atoms with Gasteiger partial charge in [0.05, 0.1) is 0 Å². The molecule has 1 aromatic heterocycles. The van der Waals surface area contributed by atoms with Crippen LogP contribution in [0.15, 0.2) is 0 Å². The molecule has 0 unspecified atom stereocenters. The predicted octanol–water partition coefficient (Wildman–Crippen LogP) is 2.11. The van der Waals surface area contributed by atoms with Gasteiger partial charge in [0.2, 0.25) is 9.47 Å². The highest BCUT2D eigenvalue weighted by molar-refractivity contribution is 7.17. The van der Waals surface area contributed by atoms with Crippen LogP contribution in [0.4, 0.5) is 0 Å².